The molecule has 8 nitrogen and oxygen atoms in total. The molecule has 0 aliphatic carbocycles. The second-order valence-corrected chi connectivity index (χ2v) is 3.65. The van der Waals surface area contributed by atoms with E-state index in [1.807, 2.05) is 0 Å². The standard InChI is InChI=1S/C9H17N3O5/c1-5(4-13)12(2)9(17)11-6(8(15)16)3-7(10)14/h5-6,13H,3-4H2,1-2H3,(H2,10,14)(H,11,17)(H,15,16)/t5?,6-/m1/s1. The molecule has 0 aliphatic heterocycles. The maximum absolute atomic E-state index is 11.5. The third-order valence-corrected chi connectivity index (χ3v) is 2.25. The van der Waals surface area contributed by atoms with Gasteiger partial charge in [0.05, 0.1) is 19.1 Å². The quantitative estimate of drug-likeness (QED) is 0.445. The van der Waals surface area contributed by atoms with Gasteiger partial charge in [0.15, 0.2) is 0 Å². The summed E-state index contributed by atoms with van der Waals surface area (Å²) in [4.78, 5) is 34.0. The van der Waals surface area contributed by atoms with Gasteiger partial charge in [-0.2, -0.15) is 0 Å². The van der Waals surface area contributed by atoms with E-state index >= 15 is 0 Å². The Kier molecular flexibility index (Phi) is 5.97. The van der Waals surface area contributed by atoms with Gasteiger partial charge in [-0.15, -0.1) is 0 Å². The lowest BCUT2D eigenvalue weighted by Gasteiger charge is -2.25. The van der Waals surface area contributed by atoms with E-state index < -0.39 is 36.4 Å². The predicted octanol–water partition coefficient (Wildman–Crippen LogP) is -1.66. The van der Waals surface area contributed by atoms with Crippen molar-refractivity contribution in [2.24, 2.45) is 5.73 Å². The van der Waals surface area contributed by atoms with Crippen LogP contribution in [0.25, 0.3) is 0 Å². The van der Waals surface area contributed by atoms with E-state index in [9.17, 15) is 14.4 Å². The van der Waals surface area contributed by atoms with E-state index in [1.54, 1.807) is 6.92 Å². The van der Waals surface area contributed by atoms with E-state index in [4.69, 9.17) is 15.9 Å². The van der Waals surface area contributed by atoms with Crippen molar-refractivity contribution in [1.29, 1.82) is 0 Å². The fraction of sp³-hybridized carbons (Fsp3) is 0.667. The maximum Gasteiger partial charge on any atom is 0.326 e. The number of carboxylic acids is 1. The van der Waals surface area contributed by atoms with Gasteiger partial charge in [0.25, 0.3) is 0 Å². The van der Waals surface area contributed by atoms with Gasteiger partial charge in [-0.25, -0.2) is 9.59 Å². The summed E-state index contributed by atoms with van der Waals surface area (Å²) >= 11 is 0. The number of nitrogens with one attached hydrogen (secondary N) is 1. The van der Waals surface area contributed by atoms with Crippen LogP contribution in [0.2, 0.25) is 0 Å². The van der Waals surface area contributed by atoms with Gasteiger partial charge in [-0.1, -0.05) is 0 Å². The minimum atomic E-state index is -1.37. The molecule has 0 heterocycles. The third-order valence-electron chi connectivity index (χ3n) is 2.25. The topological polar surface area (TPSA) is 133 Å². The number of rotatable bonds is 6. The summed E-state index contributed by atoms with van der Waals surface area (Å²) < 4.78 is 0. The fourth-order valence-electron chi connectivity index (χ4n) is 0.975. The second-order valence-electron chi connectivity index (χ2n) is 3.65. The number of nitrogens with zero attached hydrogens (tertiary/aromatic N) is 1. The maximum atomic E-state index is 11.5. The molecule has 0 bridgehead atoms. The van der Waals surface area contributed by atoms with Gasteiger partial charge >= 0.3 is 12.0 Å². The summed E-state index contributed by atoms with van der Waals surface area (Å²) in [5.74, 6) is -2.17. The van der Waals surface area contributed by atoms with Gasteiger partial charge in [-0.05, 0) is 6.92 Å². The SMILES string of the molecule is CC(CO)N(C)C(=O)N[C@H](CC(N)=O)C(=O)O. The number of hydrogen-bond donors (Lipinski definition) is 4. The molecule has 1 unspecified atom stereocenters. The Morgan fingerprint density at radius 2 is 1.94 bits per heavy atom. The van der Waals surface area contributed by atoms with Crippen LogP contribution in [0.5, 0.6) is 0 Å². The second kappa shape index (κ2) is 6.69. The highest BCUT2D eigenvalue weighted by Crippen LogP contribution is 1.98. The van der Waals surface area contributed by atoms with Crippen LogP contribution in [0.1, 0.15) is 13.3 Å². The Labute approximate surface area is 98.4 Å². The van der Waals surface area contributed by atoms with E-state index in [-0.39, 0.29) is 6.61 Å². The van der Waals surface area contributed by atoms with E-state index in [0.29, 0.717) is 0 Å². The van der Waals surface area contributed by atoms with Gasteiger partial charge in [0.2, 0.25) is 5.91 Å². The number of primary amides is 1. The number of aliphatic hydroxyl groups is 1. The average Bonchev–Trinajstić information content (AvgIpc) is 2.25. The van der Waals surface area contributed by atoms with Crippen LogP contribution in [0.3, 0.4) is 0 Å². The van der Waals surface area contributed by atoms with Crippen molar-refractivity contribution in [1.82, 2.24) is 10.2 Å². The molecule has 8 heteroatoms. The number of carboxylic acid groups (broad SMARTS) is 1. The largest absolute Gasteiger partial charge is 0.480 e. The monoisotopic (exact) mass is 247 g/mol. The molecule has 2 atom stereocenters. The molecule has 17 heavy (non-hydrogen) atoms. The smallest absolute Gasteiger partial charge is 0.326 e. The molecule has 0 aromatic carbocycles. The highest BCUT2D eigenvalue weighted by atomic mass is 16.4. The Balaban J connectivity index is 4.50. The highest BCUT2D eigenvalue weighted by molar-refractivity contribution is 5.87. The Bertz CT molecular complexity index is 307. The number of nitrogens with two attached hydrogens (primary N) is 1. The molecule has 0 saturated heterocycles. The van der Waals surface area contributed by atoms with Crippen LogP contribution in [0.4, 0.5) is 4.79 Å². The third kappa shape index (κ3) is 5.16. The van der Waals surface area contributed by atoms with Crippen molar-refractivity contribution < 1.29 is 24.6 Å². The molecule has 0 saturated carbocycles. The molecule has 0 aromatic rings. The van der Waals surface area contributed by atoms with Gasteiger partial charge in [0, 0.05) is 7.05 Å². The van der Waals surface area contributed by atoms with Crippen LogP contribution in [0, 0.1) is 0 Å². The summed E-state index contributed by atoms with van der Waals surface area (Å²) in [5.41, 5.74) is 4.86. The Morgan fingerprint density at radius 1 is 1.41 bits per heavy atom. The van der Waals surface area contributed by atoms with Crippen LogP contribution < -0.4 is 11.1 Å². The molecule has 0 aromatic heterocycles. The molecule has 0 spiro atoms. The number of likely N-dealkylation sites (N-methyl/N-ethyl adjacent to an activating group) is 1. The summed E-state index contributed by atoms with van der Waals surface area (Å²) in [6.07, 6.45) is -0.484. The van der Waals surface area contributed by atoms with Crippen LogP contribution in [-0.4, -0.2) is 58.8 Å². The van der Waals surface area contributed by atoms with Crippen molar-refractivity contribution in [2.75, 3.05) is 13.7 Å². The predicted molar refractivity (Wildman–Crippen MR) is 58.1 cm³/mol. The molecular formula is C9H17N3O5. The zero-order valence-electron chi connectivity index (χ0n) is 9.71. The number of carbonyl (C=O) groups excluding carboxylic acids is 2. The highest BCUT2D eigenvalue weighted by Gasteiger charge is 2.24. The zero-order chi connectivity index (χ0) is 13.6. The minimum absolute atomic E-state index is 0.253. The summed E-state index contributed by atoms with van der Waals surface area (Å²) in [6.45, 7) is 1.33. The number of urea groups is 1. The Morgan fingerprint density at radius 3 is 2.29 bits per heavy atom. The molecule has 0 radical (unpaired) electrons. The van der Waals surface area contributed by atoms with Crippen LogP contribution >= 0.6 is 0 Å². The molecule has 3 amide bonds. The van der Waals surface area contributed by atoms with Gasteiger partial charge in [-0.3, -0.25) is 4.79 Å². The lowest BCUT2D eigenvalue weighted by molar-refractivity contribution is -0.141. The van der Waals surface area contributed by atoms with Crippen molar-refractivity contribution in [3.63, 3.8) is 0 Å². The zero-order valence-corrected chi connectivity index (χ0v) is 9.71. The Hall–Kier alpha value is -1.83. The minimum Gasteiger partial charge on any atom is -0.480 e. The van der Waals surface area contributed by atoms with Gasteiger partial charge in [0.1, 0.15) is 6.04 Å². The fourth-order valence-corrected chi connectivity index (χ4v) is 0.975. The molecular weight excluding hydrogens is 230 g/mol. The first-order chi connectivity index (χ1) is 7.79. The lowest BCUT2D eigenvalue weighted by Crippen LogP contribution is -2.50. The molecule has 98 valence electrons. The summed E-state index contributed by atoms with van der Waals surface area (Å²) in [6, 6.07) is -2.52. The van der Waals surface area contributed by atoms with Gasteiger partial charge < -0.3 is 26.2 Å². The number of carbonyl (C=O) groups is 3. The first-order valence-electron chi connectivity index (χ1n) is 4.94. The summed E-state index contributed by atoms with van der Waals surface area (Å²) in [7, 11) is 1.40. The molecule has 0 aliphatic rings. The van der Waals surface area contributed by atoms with Crippen LogP contribution in [-0.2, 0) is 9.59 Å². The molecule has 0 fully saturated rings. The number of amides is 3. The van der Waals surface area contributed by atoms with E-state index in [1.165, 1.54) is 7.05 Å². The van der Waals surface area contributed by atoms with E-state index in [0.717, 1.165) is 4.90 Å². The first kappa shape index (κ1) is 15.2. The molecule has 0 rings (SSSR count). The summed E-state index contributed by atoms with van der Waals surface area (Å²) in [5, 5.41) is 19.7. The number of aliphatic hydroxyl groups excluding tert-OH is 1. The lowest BCUT2D eigenvalue weighted by atomic mass is 10.2. The van der Waals surface area contributed by atoms with E-state index in [2.05, 4.69) is 5.32 Å². The number of hydrogen-bond acceptors (Lipinski definition) is 4. The number of aliphatic carboxylic acids is 1. The molecule has 5 N–H and O–H groups in total. The normalized spacial score (nSPS) is 13.6. The van der Waals surface area contributed by atoms with Crippen molar-refractivity contribution in [3.05, 3.63) is 0 Å². The van der Waals surface area contributed by atoms with Crippen molar-refractivity contribution in [3.8, 4) is 0 Å². The first-order valence-corrected chi connectivity index (χ1v) is 4.94. The van der Waals surface area contributed by atoms with Crippen LogP contribution in [0.15, 0.2) is 0 Å². The average molecular weight is 247 g/mol. The van der Waals surface area contributed by atoms with Crippen molar-refractivity contribution >= 4 is 17.9 Å². The van der Waals surface area contributed by atoms with Crippen molar-refractivity contribution in [2.45, 2.75) is 25.4 Å².